The minimum absolute atomic E-state index is 0.0871. The maximum Gasteiger partial charge on any atom is 0.134 e. The molecular weight excluding hydrogens is 216 g/mol. The molecule has 4 nitrogen and oxygen atoms in total. The van der Waals surface area contributed by atoms with E-state index in [-0.39, 0.29) is 5.54 Å². The van der Waals surface area contributed by atoms with Crippen molar-refractivity contribution in [2.24, 2.45) is 0 Å². The summed E-state index contributed by atoms with van der Waals surface area (Å²) in [6.07, 6.45) is 1.27. The molecule has 0 aromatic carbocycles. The molecule has 1 aliphatic rings. The molecule has 1 aliphatic heterocycles. The van der Waals surface area contributed by atoms with Gasteiger partial charge in [0.1, 0.15) is 5.82 Å². The standard InChI is InChI=1S/C13H20N2O2/c1-10(16)11-5-4-6-14-12(11)15-7-8-17-9-13(15,2)3/h4-6,10,16H,7-9H2,1-3H3/t10-/m1/s1. The number of rotatable bonds is 2. The van der Waals surface area contributed by atoms with Crippen molar-refractivity contribution >= 4 is 5.82 Å². The number of anilines is 1. The third-order valence-electron chi connectivity index (χ3n) is 3.17. The number of aliphatic hydroxyl groups is 1. The Morgan fingerprint density at radius 3 is 2.94 bits per heavy atom. The average Bonchev–Trinajstić information content (AvgIpc) is 2.28. The zero-order chi connectivity index (χ0) is 12.5. The second-order valence-corrected chi connectivity index (χ2v) is 5.11. The van der Waals surface area contributed by atoms with Crippen LogP contribution in [0.4, 0.5) is 5.82 Å². The Balaban J connectivity index is 2.38. The van der Waals surface area contributed by atoms with Crippen molar-refractivity contribution in [3.05, 3.63) is 23.9 Å². The third kappa shape index (κ3) is 2.42. The number of hydrogen-bond donors (Lipinski definition) is 1. The predicted molar refractivity (Wildman–Crippen MR) is 67.1 cm³/mol. The van der Waals surface area contributed by atoms with Gasteiger partial charge in [0.2, 0.25) is 0 Å². The van der Waals surface area contributed by atoms with Gasteiger partial charge in [0, 0.05) is 18.3 Å². The molecular formula is C13H20N2O2. The Hall–Kier alpha value is -1.13. The third-order valence-corrected chi connectivity index (χ3v) is 3.17. The van der Waals surface area contributed by atoms with Crippen LogP contribution in [0.2, 0.25) is 0 Å². The topological polar surface area (TPSA) is 45.6 Å². The van der Waals surface area contributed by atoms with Crippen molar-refractivity contribution in [3.8, 4) is 0 Å². The predicted octanol–water partition coefficient (Wildman–Crippen LogP) is 1.75. The maximum atomic E-state index is 9.81. The summed E-state index contributed by atoms with van der Waals surface area (Å²) in [5, 5.41) is 9.81. The van der Waals surface area contributed by atoms with Gasteiger partial charge in [-0.2, -0.15) is 0 Å². The second kappa shape index (κ2) is 4.63. The van der Waals surface area contributed by atoms with Gasteiger partial charge in [-0.25, -0.2) is 4.98 Å². The Morgan fingerprint density at radius 2 is 2.29 bits per heavy atom. The Labute approximate surface area is 102 Å². The highest BCUT2D eigenvalue weighted by Crippen LogP contribution is 2.30. The van der Waals surface area contributed by atoms with Crippen molar-refractivity contribution in [2.45, 2.75) is 32.4 Å². The van der Waals surface area contributed by atoms with Gasteiger partial charge in [0.25, 0.3) is 0 Å². The van der Waals surface area contributed by atoms with E-state index in [1.54, 1.807) is 13.1 Å². The van der Waals surface area contributed by atoms with Gasteiger partial charge in [0.15, 0.2) is 0 Å². The zero-order valence-corrected chi connectivity index (χ0v) is 10.7. The molecule has 0 amide bonds. The average molecular weight is 236 g/mol. The molecule has 0 unspecified atom stereocenters. The molecule has 0 spiro atoms. The van der Waals surface area contributed by atoms with Crippen LogP contribution in [0.25, 0.3) is 0 Å². The van der Waals surface area contributed by atoms with Crippen LogP contribution in [0.5, 0.6) is 0 Å². The van der Waals surface area contributed by atoms with E-state index in [9.17, 15) is 5.11 Å². The molecule has 0 aliphatic carbocycles. The van der Waals surface area contributed by atoms with Gasteiger partial charge in [-0.05, 0) is 26.8 Å². The summed E-state index contributed by atoms with van der Waals surface area (Å²) in [6.45, 7) is 8.24. The number of aliphatic hydroxyl groups excluding tert-OH is 1. The summed E-state index contributed by atoms with van der Waals surface area (Å²) in [5.41, 5.74) is 0.790. The van der Waals surface area contributed by atoms with Crippen LogP contribution in [0.1, 0.15) is 32.4 Å². The van der Waals surface area contributed by atoms with E-state index in [4.69, 9.17) is 4.74 Å². The number of pyridine rings is 1. The summed E-state index contributed by atoms with van der Waals surface area (Å²) in [7, 11) is 0. The lowest BCUT2D eigenvalue weighted by Gasteiger charge is -2.43. The molecule has 1 N–H and O–H groups in total. The van der Waals surface area contributed by atoms with Crippen molar-refractivity contribution in [1.29, 1.82) is 0 Å². The lowest BCUT2D eigenvalue weighted by atomic mass is 10.0. The van der Waals surface area contributed by atoms with Crippen LogP contribution in [0, 0.1) is 0 Å². The molecule has 2 rings (SSSR count). The smallest absolute Gasteiger partial charge is 0.134 e. The van der Waals surface area contributed by atoms with Crippen LogP contribution in [-0.2, 0) is 4.74 Å². The van der Waals surface area contributed by atoms with E-state index in [0.29, 0.717) is 13.2 Å². The SMILES string of the molecule is C[C@@H](O)c1cccnc1N1CCOCC1(C)C. The summed E-state index contributed by atoms with van der Waals surface area (Å²) in [6, 6.07) is 3.79. The first kappa shape index (κ1) is 12.3. The summed E-state index contributed by atoms with van der Waals surface area (Å²) in [4.78, 5) is 6.65. The fourth-order valence-corrected chi connectivity index (χ4v) is 2.21. The highest BCUT2D eigenvalue weighted by Gasteiger charge is 2.33. The molecule has 0 radical (unpaired) electrons. The normalized spacial score (nSPS) is 21.3. The van der Waals surface area contributed by atoms with E-state index in [2.05, 4.69) is 23.7 Å². The van der Waals surface area contributed by atoms with Crippen LogP contribution in [-0.4, -0.2) is 35.4 Å². The molecule has 1 fully saturated rings. The minimum Gasteiger partial charge on any atom is -0.389 e. The lowest BCUT2D eigenvalue weighted by molar-refractivity contribution is 0.0634. The van der Waals surface area contributed by atoms with Gasteiger partial charge in [-0.15, -0.1) is 0 Å². The largest absolute Gasteiger partial charge is 0.389 e. The number of aromatic nitrogens is 1. The molecule has 2 heterocycles. The van der Waals surface area contributed by atoms with E-state index < -0.39 is 6.10 Å². The number of hydrogen-bond acceptors (Lipinski definition) is 4. The Kier molecular flexibility index (Phi) is 3.35. The van der Waals surface area contributed by atoms with Crippen molar-refractivity contribution in [2.75, 3.05) is 24.7 Å². The van der Waals surface area contributed by atoms with Gasteiger partial charge >= 0.3 is 0 Å². The molecule has 94 valence electrons. The van der Waals surface area contributed by atoms with E-state index >= 15 is 0 Å². The summed E-state index contributed by atoms with van der Waals surface area (Å²) < 4.78 is 5.50. The molecule has 1 aromatic heterocycles. The number of nitrogens with zero attached hydrogens (tertiary/aromatic N) is 2. The van der Waals surface area contributed by atoms with Gasteiger partial charge in [0.05, 0.1) is 24.9 Å². The highest BCUT2D eigenvalue weighted by atomic mass is 16.5. The van der Waals surface area contributed by atoms with Crippen molar-refractivity contribution < 1.29 is 9.84 Å². The maximum absolute atomic E-state index is 9.81. The highest BCUT2D eigenvalue weighted by molar-refractivity contribution is 5.50. The monoisotopic (exact) mass is 236 g/mol. The summed E-state index contributed by atoms with van der Waals surface area (Å²) >= 11 is 0. The molecule has 1 atom stereocenters. The van der Waals surface area contributed by atoms with Crippen LogP contribution >= 0.6 is 0 Å². The molecule has 4 heteroatoms. The summed E-state index contributed by atoms with van der Waals surface area (Å²) in [5.74, 6) is 0.871. The number of morpholine rings is 1. The quantitative estimate of drug-likeness (QED) is 0.849. The Morgan fingerprint density at radius 1 is 1.53 bits per heavy atom. The van der Waals surface area contributed by atoms with Crippen LogP contribution in [0.15, 0.2) is 18.3 Å². The lowest BCUT2D eigenvalue weighted by Crippen LogP contribution is -2.53. The van der Waals surface area contributed by atoms with Gasteiger partial charge in [-0.3, -0.25) is 0 Å². The molecule has 1 saturated heterocycles. The molecule has 1 aromatic rings. The first-order valence-electron chi connectivity index (χ1n) is 6.01. The van der Waals surface area contributed by atoms with Crippen LogP contribution < -0.4 is 4.90 Å². The Bertz CT molecular complexity index is 391. The van der Waals surface area contributed by atoms with E-state index in [1.807, 2.05) is 12.1 Å². The molecule has 0 saturated carbocycles. The first-order valence-corrected chi connectivity index (χ1v) is 6.01. The number of ether oxygens (including phenoxy) is 1. The second-order valence-electron chi connectivity index (χ2n) is 5.11. The van der Waals surface area contributed by atoms with E-state index in [0.717, 1.165) is 17.9 Å². The fraction of sp³-hybridized carbons (Fsp3) is 0.615. The van der Waals surface area contributed by atoms with E-state index in [1.165, 1.54) is 0 Å². The molecule has 0 bridgehead atoms. The first-order chi connectivity index (χ1) is 8.02. The zero-order valence-electron chi connectivity index (χ0n) is 10.7. The van der Waals surface area contributed by atoms with Crippen molar-refractivity contribution in [3.63, 3.8) is 0 Å². The van der Waals surface area contributed by atoms with Gasteiger partial charge in [-0.1, -0.05) is 6.07 Å². The van der Waals surface area contributed by atoms with Crippen molar-refractivity contribution in [1.82, 2.24) is 4.98 Å². The minimum atomic E-state index is -0.502. The molecule has 17 heavy (non-hydrogen) atoms. The van der Waals surface area contributed by atoms with Gasteiger partial charge < -0.3 is 14.7 Å². The fourth-order valence-electron chi connectivity index (χ4n) is 2.21. The van der Waals surface area contributed by atoms with Crippen LogP contribution in [0.3, 0.4) is 0 Å².